The molecule has 2 aromatic rings. The Morgan fingerprint density at radius 2 is 1.89 bits per heavy atom. The van der Waals surface area contributed by atoms with Crippen LogP contribution in [0.25, 0.3) is 0 Å². The van der Waals surface area contributed by atoms with Gasteiger partial charge in [0.1, 0.15) is 0 Å². The number of amidine groups is 1. The average Bonchev–Trinajstić information content (AvgIpc) is 3.34. The normalized spacial score (nSPS) is 18.3. The van der Waals surface area contributed by atoms with Crippen LogP contribution in [-0.4, -0.2) is 41.6 Å². The molecule has 1 unspecified atom stereocenters. The molecule has 0 saturated carbocycles. The number of nitrogens with one attached hydrogen (secondary N) is 1. The van der Waals surface area contributed by atoms with Gasteiger partial charge in [-0.05, 0) is 41.9 Å². The van der Waals surface area contributed by atoms with Gasteiger partial charge in [0.25, 0.3) is 5.91 Å². The molecule has 0 radical (unpaired) electrons. The highest BCUT2D eigenvalue weighted by Gasteiger charge is 2.61. The number of unbranched alkanes of at least 4 members (excludes halogenated alkanes) is 2. The van der Waals surface area contributed by atoms with Crippen LogP contribution in [0, 0.1) is 0 Å². The Morgan fingerprint density at radius 1 is 1.11 bits per heavy atom. The summed E-state index contributed by atoms with van der Waals surface area (Å²) in [6.45, 7) is 5.72. The molecular formula is C26H30N4O5S. The van der Waals surface area contributed by atoms with Gasteiger partial charge in [-0.15, -0.1) is 5.10 Å². The quantitative estimate of drug-likeness (QED) is 0.540. The number of thioether (sulfide) groups is 1. The van der Waals surface area contributed by atoms with Crippen LogP contribution in [0.4, 0.5) is 5.69 Å². The van der Waals surface area contributed by atoms with Crippen molar-refractivity contribution in [3.05, 3.63) is 53.6 Å². The van der Waals surface area contributed by atoms with E-state index in [1.807, 2.05) is 42.5 Å². The van der Waals surface area contributed by atoms with Gasteiger partial charge < -0.3 is 19.7 Å². The van der Waals surface area contributed by atoms with Crippen LogP contribution in [-0.2, 0) is 25.8 Å². The number of anilines is 1. The largest absolute Gasteiger partial charge is 0.493 e. The number of carbonyl (C=O) groups is 3. The summed E-state index contributed by atoms with van der Waals surface area (Å²) in [5, 5.41) is 8.27. The number of fused-ring (bicyclic) bond motifs is 2. The number of para-hydroxylation sites is 1. The maximum atomic E-state index is 14.0. The van der Waals surface area contributed by atoms with Crippen LogP contribution in [0.5, 0.6) is 11.5 Å². The van der Waals surface area contributed by atoms with E-state index in [4.69, 9.17) is 9.47 Å². The lowest BCUT2D eigenvalue weighted by Gasteiger charge is -2.29. The summed E-state index contributed by atoms with van der Waals surface area (Å²) in [7, 11) is 1.59. The predicted octanol–water partition coefficient (Wildman–Crippen LogP) is 3.97. The van der Waals surface area contributed by atoms with E-state index in [1.165, 1.54) is 13.8 Å². The number of amides is 3. The molecule has 36 heavy (non-hydrogen) atoms. The average molecular weight is 511 g/mol. The zero-order valence-corrected chi connectivity index (χ0v) is 21.7. The fourth-order valence-electron chi connectivity index (χ4n) is 4.37. The number of nitrogens with zero attached hydrogens (tertiary/aromatic N) is 3. The van der Waals surface area contributed by atoms with Gasteiger partial charge in [-0.25, -0.2) is 0 Å². The monoisotopic (exact) mass is 510 g/mol. The van der Waals surface area contributed by atoms with Crippen molar-refractivity contribution in [2.75, 3.05) is 18.6 Å². The number of benzene rings is 2. The molecule has 1 spiro atoms. The van der Waals surface area contributed by atoms with E-state index in [9.17, 15) is 14.4 Å². The molecule has 2 aromatic carbocycles. The third kappa shape index (κ3) is 4.65. The topological polar surface area (TPSA) is 101 Å². The van der Waals surface area contributed by atoms with E-state index in [1.54, 1.807) is 12.0 Å². The van der Waals surface area contributed by atoms with Crippen molar-refractivity contribution in [3.8, 4) is 11.5 Å². The first-order valence-electron chi connectivity index (χ1n) is 11.9. The first-order chi connectivity index (χ1) is 17.3. The molecule has 190 valence electrons. The van der Waals surface area contributed by atoms with Crippen molar-refractivity contribution in [2.45, 2.75) is 51.4 Å². The number of methoxy groups -OCH3 is 1. The minimum Gasteiger partial charge on any atom is -0.493 e. The Bertz CT molecular complexity index is 1220. The lowest BCUT2D eigenvalue weighted by molar-refractivity contribution is -0.139. The summed E-state index contributed by atoms with van der Waals surface area (Å²) < 4.78 is 11.4. The SMILES string of the molecule is CCCCCOc1ccc(CN2C(=O)C3(SC(NC(C)=O)=NN3C(C)=O)c3ccccc32)cc1OC. The van der Waals surface area contributed by atoms with Gasteiger partial charge in [0.2, 0.25) is 16.7 Å². The molecule has 2 aliphatic heterocycles. The summed E-state index contributed by atoms with van der Waals surface area (Å²) in [6.07, 6.45) is 3.18. The molecule has 10 heteroatoms. The van der Waals surface area contributed by atoms with Gasteiger partial charge in [0.15, 0.2) is 16.7 Å². The summed E-state index contributed by atoms with van der Waals surface area (Å²) in [4.78, 5) is 38.5. The first-order valence-corrected chi connectivity index (χ1v) is 12.7. The van der Waals surface area contributed by atoms with E-state index >= 15 is 0 Å². The van der Waals surface area contributed by atoms with Gasteiger partial charge in [-0.1, -0.05) is 44.0 Å². The van der Waals surface area contributed by atoms with Crippen molar-refractivity contribution in [1.82, 2.24) is 10.3 Å². The number of hydrogen-bond acceptors (Lipinski definition) is 7. The lowest BCUT2D eigenvalue weighted by atomic mass is 10.1. The van der Waals surface area contributed by atoms with E-state index < -0.39 is 10.8 Å². The zero-order valence-electron chi connectivity index (χ0n) is 20.9. The van der Waals surface area contributed by atoms with Crippen LogP contribution < -0.4 is 19.7 Å². The van der Waals surface area contributed by atoms with Crippen LogP contribution in [0.15, 0.2) is 47.6 Å². The second-order valence-electron chi connectivity index (χ2n) is 8.61. The van der Waals surface area contributed by atoms with Crippen LogP contribution in [0.2, 0.25) is 0 Å². The van der Waals surface area contributed by atoms with Crippen molar-refractivity contribution < 1.29 is 23.9 Å². The molecule has 1 atom stereocenters. The molecule has 2 aliphatic rings. The van der Waals surface area contributed by atoms with Crippen LogP contribution in [0.1, 0.15) is 51.2 Å². The fourth-order valence-corrected chi connectivity index (χ4v) is 5.70. The summed E-state index contributed by atoms with van der Waals surface area (Å²) in [5.41, 5.74) is 2.16. The number of hydrazone groups is 1. The van der Waals surface area contributed by atoms with E-state index in [2.05, 4.69) is 17.3 Å². The highest BCUT2D eigenvalue weighted by molar-refractivity contribution is 8.15. The highest BCUT2D eigenvalue weighted by Crippen LogP contribution is 2.54. The molecule has 0 aliphatic carbocycles. The molecule has 0 bridgehead atoms. The Balaban J connectivity index is 1.64. The molecule has 4 rings (SSSR count). The molecule has 0 saturated heterocycles. The van der Waals surface area contributed by atoms with Gasteiger partial charge in [0.05, 0.1) is 25.9 Å². The maximum absolute atomic E-state index is 14.0. The van der Waals surface area contributed by atoms with Crippen molar-refractivity contribution in [2.24, 2.45) is 5.10 Å². The molecule has 2 heterocycles. The number of ether oxygens (including phenoxy) is 2. The fraction of sp³-hybridized carbons (Fsp3) is 0.385. The zero-order chi connectivity index (χ0) is 25.9. The third-order valence-electron chi connectivity index (χ3n) is 5.98. The number of hydrogen-bond donors (Lipinski definition) is 1. The second kappa shape index (κ2) is 10.6. The Labute approximate surface area is 214 Å². The standard InChI is InChI=1S/C26H30N4O5S/c1-5-6-9-14-35-22-13-12-19(15-23(22)34-4)16-29-21-11-8-7-10-20(21)26(24(29)33)30(18(3)32)28-25(36-26)27-17(2)31/h7-8,10-13,15H,5-6,9,14,16H2,1-4H3,(H,27,28,31). The summed E-state index contributed by atoms with van der Waals surface area (Å²) in [5.74, 6) is 0.201. The molecule has 1 N–H and O–H groups in total. The molecule has 0 fully saturated rings. The first kappa shape index (κ1) is 25.6. The van der Waals surface area contributed by atoms with E-state index in [0.717, 1.165) is 41.6 Å². The van der Waals surface area contributed by atoms with Gasteiger partial charge >= 0.3 is 0 Å². The van der Waals surface area contributed by atoms with Crippen molar-refractivity contribution in [3.63, 3.8) is 0 Å². The minimum absolute atomic E-state index is 0.203. The molecule has 3 amide bonds. The maximum Gasteiger partial charge on any atom is 0.271 e. The van der Waals surface area contributed by atoms with Crippen molar-refractivity contribution in [1.29, 1.82) is 0 Å². The van der Waals surface area contributed by atoms with Gasteiger partial charge in [-0.3, -0.25) is 14.4 Å². The molecular weight excluding hydrogens is 480 g/mol. The number of rotatable bonds is 8. The Kier molecular flexibility index (Phi) is 7.53. The highest BCUT2D eigenvalue weighted by atomic mass is 32.2. The van der Waals surface area contributed by atoms with E-state index in [0.29, 0.717) is 29.4 Å². The smallest absolute Gasteiger partial charge is 0.271 e. The number of carbonyl (C=O) groups excluding carboxylic acids is 3. The summed E-state index contributed by atoms with van der Waals surface area (Å²) in [6, 6.07) is 12.9. The molecule has 0 aromatic heterocycles. The van der Waals surface area contributed by atoms with Gasteiger partial charge in [0, 0.05) is 19.4 Å². The van der Waals surface area contributed by atoms with Crippen molar-refractivity contribution >= 4 is 40.3 Å². The second-order valence-corrected chi connectivity index (χ2v) is 9.79. The summed E-state index contributed by atoms with van der Waals surface area (Å²) >= 11 is 1.06. The van der Waals surface area contributed by atoms with Crippen LogP contribution in [0.3, 0.4) is 0 Å². The lowest BCUT2D eigenvalue weighted by Crippen LogP contribution is -2.48. The van der Waals surface area contributed by atoms with Crippen LogP contribution >= 0.6 is 11.8 Å². The van der Waals surface area contributed by atoms with E-state index in [-0.39, 0.29) is 23.5 Å². The predicted molar refractivity (Wildman–Crippen MR) is 139 cm³/mol. The Hall–Kier alpha value is -3.53. The Morgan fingerprint density at radius 3 is 2.58 bits per heavy atom. The third-order valence-corrected chi connectivity index (χ3v) is 7.22. The minimum atomic E-state index is -1.42. The van der Waals surface area contributed by atoms with Gasteiger partial charge in [-0.2, -0.15) is 5.01 Å². The molecule has 9 nitrogen and oxygen atoms in total.